The second-order valence-corrected chi connectivity index (χ2v) is 3.53. The van der Waals surface area contributed by atoms with Crippen LogP contribution in [0.25, 0.3) is 0 Å². The third-order valence-corrected chi connectivity index (χ3v) is 2.52. The lowest BCUT2D eigenvalue weighted by molar-refractivity contribution is 0.122. The molecule has 1 fully saturated rings. The molecule has 0 bridgehead atoms. The zero-order chi connectivity index (χ0) is 10.5. The fourth-order valence-corrected chi connectivity index (χ4v) is 1.74. The SMILES string of the molecule is CCOc1ccc(N2CCOCC2)cc1.Cl. The van der Waals surface area contributed by atoms with Gasteiger partial charge in [-0.1, -0.05) is 0 Å². The summed E-state index contributed by atoms with van der Waals surface area (Å²) in [4.78, 5) is 2.33. The van der Waals surface area contributed by atoms with Crippen molar-refractivity contribution in [3.63, 3.8) is 0 Å². The van der Waals surface area contributed by atoms with Crippen LogP contribution in [0.2, 0.25) is 0 Å². The summed E-state index contributed by atoms with van der Waals surface area (Å²) < 4.78 is 10.7. The first-order valence-electron chi connectivity index (χ1n) is 5.45. The predicted octanol–water partition coefficient (Wildman–Crippen LogP) is 2.34. The maximum Gasteiger partial charge on any atom is 0.119 e. The van der Waals surface area contributed by atoms with Crippen molar-refractivity contribution in [3.8, 4) is 5.75 Å². The van der Waals surface area contributed by atoms with Crippen LogP contribution in [0.15, 0.2) is 24.3 Å². The van der Waals surface area contributed by atoms with Crippen LogP contribution >= 0.6 is 12.4 Å². The van der Waals surface area contributed by atoms with Crippen molar-refractivity contribution >= 4 is 18.1 Å². The van der Waals surface area contributed by atoms with Crippen LogP contribution in [0.5, 0.6) is 5.75 Å². The molecule has 0 unspecified atom stereocenters. The van der Waals surface area contributed by atoms with Gasteiger partial charge in [-0.25, -0.2) is 0 Å². The van der Waals surface area contributed by atoms with Gasteiger partial charge in [0.15, 0.2) is 0 Å². The first-order chi connectivity index (χ1) is 7.40. The number of rotatable bonds is 3. The second kappa shape index (κ2) is 6.61. The van der Waals surface area contributed by atoms with Gasteiger partial charge in [-0.2, -0.15) is 0 Å². The minimum absolute atomic E-state index is 0. The van der Waals surface area contributed by atoms with Crippen molar-refractivity contribution in [2.24, 2.45) is 0 Å². The lowest BCUT2D eigenvalue weighted by atomic mass is 10.2. The van der Waals surface area contributed by atoms with Gasteiger partial charge in [-0.15, -0.1) is 12.4 Å². The van der Waals surface area contributed by atoms with Gasteiger partial charge in [0, 0.05) is 18.8 Å². The minimum atomic E-state index is 0. The maximum atomic E-state index is 5.40. The van der Waals surface area contributed by atoms with Crippen molar-refractivity contribution < 1.29 is 9.47 Å². The largest absolute Gasteiger partial charge is 0.494 e. The summed E-state index contributed by atoms with van der Waals surface area (Å²) in [6.07, 6.45) is 0. The van der Waals surface area contributed by atoms with Crippen LogP contribution in [-0.4, -0.2) is 32.9 Å². The maximum absolute atomic E-state index is 5.40. The number of hydrogen-bond acceptors (Lipinski definition) is 3. The van der Waals surface area contributed by atoms with E-state index in [1.54, 1.807) is 0 Å². The molecule has 16 heavy (non-hydrogen) atoms. The van der Waals surface area contributed by atoms with E-state index in [4.69, 9.17) is 9.47 Å². The molecule has 0 aromatic heterocycles. The van der Waals surface area contributed by atoms with Gasteiger partial charge in [-0.05, 0) is 31.2 Å². The highest BCUT2D eigenvalue weighted by Crippen LogP contribution is 2.20. The molecule has 1 aliphatic rings. The van der Waals surface area contributed by atoms with E-state index in [0.29, 0.717) is 0 Å². The van der Waals surface area contributed by atoms with Crippen LogP contribution in [0.3, 0.4) is 0 Å². The van der Waals surface area contributed by atoms with Crippen molar-refractivity contribution in [1.82, 2.24) is 0 Å². The Bertz CT molecular complexity index is 296. The van der Waals surface area contributed by atoms with Crippen molar-refractivity contribution in [2.45, 2.75) is 6.92 Å². The topological polar surface area (TPSA) is 21.7 Å². The quantitative estimate of drug-likeness (QED) is 0.814. The molecule has 4 heteroatoms. The number of hydrogen-bond donors (Lipinski definition) is 0. The van der Waals surface area contributed by atoms with E-state index >= 15 is 0 Å². The summed E-state index contributed by atoms with van der Waals surface area (Å²) in [6.45, 7) is 6.33. The fourth-order valence-electron chi connectivity index (χ4n) is 1.74. The van der Waals surface area contributed by atoms with Gasteiger partial charge in [0.05, 0.1) is 19.8 Å². The van der Waals surface area contributed by atoms with Gasteiger partial charge in [0.2, 0.25) is 0 Å². The highest BCUT2D eigenvalue weighted by Gasteiger charge is 2.10. The van der Waals surface area contributed by atoms with Crippen LogP contribution in [0.4, 0.5) is 5.69 Å². The first kappa shape index (κ1) is 13.1. The summed E-state index contributed by atoms with van der Waals surface area (Å²) in [7, 11) is 0. The summed E-state index contributed by atoms with van der Waals surface area (Å²) in [5.74, 6) is 0.939. The molecular formula is C12H18ClNO2. The number of nitrogens with zero attached hydrogens (tertiary/aromatic N) is 1. The standard InChI is InChI=1S/C12H17NO2.ClH/c1-2-15-12-5-3-11(4-6-12)13-7-9-14-10-8-13;/h3-6H,2,7-10H2,1H3;1H. The van der Waals surface area contributed by atoms with Gasteiger partial charge in [0.1, 0.15) is 5.75 Å². The molecule has 0 amide bonds. The summed E-state index contributed by atoms with van der Waals surface area (Å²) in [5, 5.41) is 0. The predicted molar refractivity (Wildman–Crippen MR) is 67.9 cm³/mol. The average molecular weight is 244 g/mol. The second-order valence-electron chi connectivity index (χ2n) is 3.53. The number of halogens is 1. The summed E-state index contributed by atoms with van der Waals surface area (Å²) >= 11 is 0. The van der Waals surface area contributed by atoms with E-state index in [1.807, 2.05) is 19.1 Å². The fraction of sp³-hybridized carbons (Fsp3) is 0.500. The zero-order valence-corrected chi connectivity index (χ0v) is 10.3. The Morgan fingerprint density at radius 1 is 1.19 bits per heavy atom. The third kappa shape index (κ3) is 3.29. The molecule has 1 aromatic rings. The first-order valence-corrected chi connectivity index (χ1v) is 5.45. The Hall–Kier alpha value is -0.930. The Morgan fingerprint density at radius 2 is 1.81 bits per heavy atom. The average Bonchev–Trinajstić information content (AvgIpc) is 2.32. The lowest BCUT2D eigenvalue weighted by Crippen LogP contribution is -2.36. The number of benzene rings is 1. The van der Waals surface area contributed by atoms with Gasteiger partial charge in [0.25, 0.3) is 0 Å². The minimum Gasteiger partial charge on any atom is -0.494 e. The number of morpholine rings is 1. The molecule has 1 aromatic carbocycles. The van der Waals surface area contributed by atoms with Gasteiger partial charge in [-0.3, -0.25) is 0 Å². The number of ether oxygens (including phenoxy) is 2. The molecule has 2 rings (SSSR count). The molecule has 1 heterocycles. The molecule has 90 valence electrons. The van der Waals surface area contributed by atoms with Crippen LogP contribution in [0.1, 0.15) is 6.92 Å². The van der Waals surface area contributed by atoms with Gasteiger partial charge < -0.3 is 14.4 Å². The summed E-state index contributed by atoms with van der Waals surface area (Å²) in [6, 6.07) is 8.26. The highest BCUT2D eigenvalue weighted by atomic mass is 35.5. The normalized spacial score (nSPS) is 15.4. The Labute approximate surface area is 103 Å². The van der Waals surface area contributed by atoms with E-state index in [-0.39, 0.29) is 12.4 Å². The summed E-state index contributed by atoms with van der Waals surface area (Å²) in [5.41, 5.74) is 1.25. The van der Waals surface area contributed by atoms with E-state index in [9.17, 15) is 0 Å². The molecule has 0 aliphatic carbocycles. The Morgan fingerprint density at radius 3 is 2.38 bits per heavy atom. The van der Waals surface area contributed by atoms with Crippen molar-refractivity contribution in [1.29, 1.82) is 0 Å². The van der Waals surface area contributed by atoms with Crippen LogP contribution in [0, 0.1) is 0 Å². The molecule has 0 spiro atoms. The highest BCUT2D eigenvalue weighted by molar-refractivity contribution is 5.85. The monoisotopic (exact) mass is 243 g/mol. The van der Waals surface area contributed by atoms with Crippen LogP contribution < -0.4 is 9.64 Å². The smallest absolute Gasteiger partial charge is 0.119 e. The Balaban J connectivity index is 0.00000128. The molecule has 1 aliphatic heterocycles. The molecule has 3 nitrogen and oxygen atoms in total. The molecule has 0 radical (unpaired) electrons. The van der Waals surface area contributed by atoms with E-state index in [1.165, 1.54) is 5.69 Å². The zero-order valence-electron chi connectivity index (χ0n) is 9.52. The lowest BCUT2D eigenvalue weighted by Gasteiger charge is -2.28. The molecular weight excluding hydrogens is 226 g/mol. The Kier molecular flexibility index (Phi) is 5.43. The van der Waals surface area contributed by atoms with Crippen molar-refractivity contribution in [3.05, 3.63) is 24.3 Å². The van der Waals surface area contributed by atoms with Gasteiger partial charge >= 0.3 is 0 Å². The van der Waals surface area contributed by atoms with Crippen LogP contribution in [-0.2, 0) is 4.74 Å². The molecule has 1 saturated heterocycles. The molecule has 0 atom stereocenters. The third-order valence-electron chi connectivity index (χ3n) is 2.52. The van der Waals surface area contributed by atoms with Crippen molar-refractivity contribution in [2.75, 3.05) is 37.8 Å². The van der Waals surface area contributed by atoms with E-state index in [0.717, 1.165) is 38.7 Å². The molecule has 0 saturated carbocycles. The van der Waals surface area contributed by atoms with E-state index in [2.05, 4.69) is 17.0 Å². The molecule has 0 N–H and O–H groups in total. The van der Waals surface area contributed by atoms with E-state index < -0.39 is 0 Å². The number of anilines is 1.